The van der Waals surface area contributed by atoms with Gasteiger partial charge in [0.05, 0.1) is 11.8 Å². The Morgan fingerprint density at radius 2 is 1.77 bits per heavy atom. The molecular weight excluding hydrogens is 332 g/mol. The Morgan fingerprint density at radius 1 is 1.00 bits per heavy atom. The number of aromatic nitrogens is 1. The molecule has 26 heavy (non-hydrogen) atoms. The third-order valence-corrected chi connectivity index (χ3v) is 6.82. The normalized spacial score (nSPS) is 36.8. The van der Waals surface area contributed by atoms with Crippen molar-refractivity contribution < 1.29 is 14.7 Å². The van der Waals surface area contributed by atoms with Gasteiger partial charge in [0.15, 0.2) is 0 Å². The number of carbonyl (C=O) groups is 2. The Hall–Kier alpha value is -2.37. The summed E-state index contributed by atoms with van der Waals surface area (Å²) in [5.41, 5.74) is 1.04. The first-order chi connectivity index (χ1) is 12.5. The van der Waals surface area contributed by atoms with Crippen LogP contribution in [0.15, 0.2) is 35.1 Å². The zero-order chi connectivity index (χ0) is 18.0. The van der Waals surface area contributed by atoms with E-state index in [2.05, 4.69) is 0 Å². The summed E-state index contributed by atoms with van der Waals surface area (Å²) >= 11 is 0. The standard InChI is InChI=1S/C20H22N2O4/c23-16-3-1-2-15-14-6-11(9-22(15)16)8-21(10-14)19(24)17-12-4-5-13(7-12)18(17)20(25)26/h1-5,11-14,17-18H,6-10H2,(H,25,26)/t11-,12+,13+,14+,17+,18+/m1/s1. The molecule has 1 amide bonds. The molecule has 0 aromatic carbocycles. The molecule has 1 saturated carbocycles. The molecule has 4 bridgehead atoms. The number of carboxylic acids is 1. The number of nitrogens with zero attached hydrogens (tertiary/aromatic N) is 2. The molecule has 1 saturated heterocycles. The van der Waals surface area contributed by atoms with Crippen LogP contribution in [0.5, 0.6) is 0 Å². The van der Waals surface area contributed by atoms with Crippen molar-refractivity contribution >= 4 is 11.9 Å². The smallest absolute Gasteiger partial charge is 0.307 e. The molecule has 0 radical (unpaired) electrons. The number of likely N-dealkylation sites (tertiary alicyclic amines) is 1. The Morgan fingerprint density at radius 3 is 2.54 bits per heavy atom. The second kappa shape index (κ2) is 5.56. The van der Waals surface area contributed by atoms with Gasteiger partial charge in [-0.25, -0.2) is 0 Å². The van der Waals surface area contributed by atoms with Crippen LogP contribution < -0.4 is 5.56 Å². The predicted molar refractivity (Wildman–Crippen MR) is 93.5 cm³/mol. The van der Waals surface area contributed by atoms with Gasteiger partial charge in [-0.15, -0.1) is 0 Å². The summed E-state index contributed by atoms with van der Waals surface area (Å²) in [6.45, 7) is 1.86. The first-order valence-electron chi connectivity index (χ1n) is 9.42. The molecule has 136 valence electrons. The third kappa shape index (κ3) is 2.20. The lowest BCUT2D eigenvalue weighted by Crippen LogP contribution is -2.52. The van der Waals surface area contributed by atoms with Crippen molar-refractivity contribution in [1.82, 2.24) is 9.47 Å². The maximum absolute atomic E-state index is 13.3. The zero-order valence-corrected chi connectivity index (χ0v) is 14.5. The van der Waals surface area contributed by atoms with Crippen LogP contribution in [0.3, 0.4) is 0 Å². The number of rotatable bonds is 2. The molecule has 4 aliphatic rings. The Kier molecular flexibility index (Phi) is 3.39. The zero-order valence-electron chi connectivity index (χ0n) is 14.5. The van der Waals surface area contributed by atoms with E-state index in [1.54, 1.807) is 12.1 Å². The van der Waals surface area contributed by atoms with Gasteiger partial charge in [-0.05, 0) is 36.7 Å². The largest absolute Gasteiger partial charge is 0.481 e. The highest BCUT2D eigenvalue weighted by atomic mass is 16.4. The maximum Gasteiger partial charge on any atom is 0.307 e. The van der Waals surface area contributed by atoms with Gasteiger partial charge in [0.25, 0.3) is 5.56 Å². The van der Waals surface area contributed by atoms with Crippen molar-refractivity contribution in [3.8, 4) is 0 Å². The summed E-state index contributed by atoms with van der Waals surface area (Å²) in [6.07, 6.45) is 5.78. The number of hydrogen-bond donors (Lipinski definition) is 1. The highest BCUT2D eigenvalue weighted by Gasteiger charge is 2.53. The van der Waals surface area contributed by atoms with Crippen LogP contribution in [0.25, 0.3) is 0 Å². The molecule has 1 N–H and O–H groups in total. The lowest BCUT2D eigenvalue weighted by molar-refractivity contribution is -0.152. The maximum atomic E-state index is 13.3. The van der Waals surface area contributed by atoms with Crippen LogP contribution in [0.2, 0.25) is 0 Å². The fourth-order valence-corrected chi connectivity index (χ4v) is 5.78. The van der Waals surface area contributed by atoms with Crippen LogP contribution in [0, 0.1) is 29.6 Å². The highest BCUT2D eigenvalue weighted by molar-refractivity contribution is 5.87. The van der Waals surface area contributed by atoms with Crippen molar-refractivity contribution in [2.75, 3.05) is 13.1 Å². The lowest BCUT2D eigenvalue weighted by atomic mass is 9.79. The molecule has 0 unspecified atom stereocenters. The molecule has 1 aromatic heterocycles. The molecule has 0 spiro atoms. The van der Waals surface area contributed by atoms with E-state index >= 15 is 0 Å². The highest BCUT2D eigenvalue weighted by Crippen LogP contribution is 2.49. The number of hydrogen-bond acceptors (Lipinski definition) is 3. The third-order valence-electron chi connectivity index (χ3n) is 6.82. The van der Waals surface area contributed by atoms with Gasteiger partial charge >= 0.3 is 5.97 Å². The summed E-state index contributed by atoms with van der Waals surface area (Å²) in [6, 6.07) is 5.36. The monoisotopic (exact) mass is 354 g/mol. The van der Waals surface area contributed by atoms with E-state index in [1.807, 2.05) is 27.7 Å². The number of carboxylic acid groups (broad SMARTS) is 1. The fourth-order valence-electron chi connectivity index (χ4n) is 5.78. The number of amides is 1. The molecule has 2 aliphatic heterocycles. The minimum Gasteiger partial charge on any atom is -0.481 e. The average Bonchev–Trinajstić information content (AvgIpc) is 3.23. The van der Waals surface area contributed by atoms with E-state index in [9.17, 15) is 19.5 Å². The Labute approximate surface area is 151 Å². The summed E-state index contributed by atoms with van der Waals surface area (Å²) in [7, 11) is 0. The SMILES string of the molecule is O=C(O)[C@@H]1[C@@H](C(=O)N2C[C@H]3C[C@@H](C2)c2cccc(=O)n2C3)[C@H]2C=C[C@H]1C2. The molecule has 6 atom stereocenters. The van der Waals surface area contributed by atoms with Crippen LogP contribution >= 0.6 is 0 Å². The molecule has 6 nitrogen and oxygen atoms in total. The quantitative estimate of drug-likeness (QED) is 0.813. The van der Waals surface area contributed by atoms with Gasteiger partial charge in [0.2, 0.25) is 5.91 Å². The molecular formula is C20H22N2O4. The van der Waals surface area contributed by atoms with Gasteiger partial charge in [0.1, 0.15) is 0 Å². The topological polar surface area (TPSA) is 79.6 Å². The minimum atomic E-state index is -0.852. The lowest BCUT2D eigenvalue weighted by Gasteiger charge is -2.44. The van der Waals surface area contributed by atoms with Gasteiger partial charge in [-0.3, -0.25) is 14.4 Å². The second-order valence-electron chi connectivity index (χ2n) is 8.28. The van der Waals surface area contributed by atoms with Gasteiger partial charge in [-0.1, -0.05) is 18.2 Å². The Balaban J connectivity index is 1.42. The van der Waals surface area contributed by atoms with Crippen molar-refractivity contribution in [3.05, 3.63) is 46.4 Å². The number of pyridine rings is 1. The number of aliphatic carboxylic acids is 1. The first-order valence-corrected chi connectivity index (χ1v) is 9.42. The van der Waals surface area contributed by atoms with Crippen molar-refractivity contribution in [3.63, 3.8) is 0 Å². The van der Waals surface area contributed by atoms with E-state index in [0.717, 1.165) is 18.5 Å². The van der Waals surface area contributed by atoms with Crippen molar-refractivity contribution in [2.45, 2.75) is 25.3 Å². The van der Waals surface area contributed by atoms with E-state index in [0.29, 0.717) is 19.6 Å². The first kappa shape index (κ1) is 15.9. The summed E-state index contributed by atoms with van der Waals surface area (Å²) in [4.78, 5) is 39.0. The molecule has 1 aromatic rings. The van der Waals surface area contributed by atoms with Crippen molar-refractivity contribution in [2.24, 2.45) is 29.6 Å². The molecule has 2 aliphatic carbocycles. The molecule has 3 heterocycles. The fraction of sp³-hybridized carbons (Fsp3) is 0.550. The summed E-state index contributed by atoms with van der Waals surface area (Å²) < 4.78 is 1.85. The molecule has 6 heteroatoms. The van der Waals surface area contributed by atoms with Crippen LogP contribution in [-0.4, -0.2) is 39.5 Å². The van der Waals surface area contributed by atoms with E-state index in [4.69, 9.17) is 0 Å². The van der Waals surface area contributed by atoms with Crippen LogP contribution in [0.1, 0.15) is 24.5 Å². The number of piperidine rings is 1. The van der Waals surface area contributed by atoms with Crippen molar-refractivity contribution in [1.29, 1.82) is 0 Å². The predicted octanol–water partition coefficient (Wildman–Crippen LogP) is 1.32. The number of fused-ring (bicyclic) bond motifs is 6. The van der Waals surface area contributed by atoms with Gasteiger partial charge < -0.3 is 14.6 Å². The van der Waals surface area contributed by atoms with E-state index < -0.39 is 17.8 Å². The van der Waals surface area contributed by atoms with E-state index in [-0.39, 0.29) is 35.1 Å². The Bertz CT molecular complexity index is 873. The molecule has 2 fully saturated rings. The van der Waals surface area contributed by atoms with Crippen LogP contribution in [0.4, 0.5) is 0 Å². The molecule has 5 rings (SSSR count). The summed E-state index contributed by atoms with van der Waals surface area (Å²) in [5.74, 6) is -1.39. The minimum absolute atomic E-state index is 0.00400. The number of carbonyl (C=O) groups excluding carboxylic acids is 1. The second-order valence-corrected chi connectivity index (χ2v) is 8.28. The van der Waals surface area contributed by atoms with Gasteiger partial charge in [0, 0.05) is 37.3 Å². The number of allylic oxidation sites excluding steroid dienone is 2. The van der Waals surface area contributed by atoms with E-state index in [1.165, 1.54) is 0 Å². The van der Waals surface area contributed by atoms with Crippen LogP contribution in [-0.2, 0) is 16.1 Å². The average molecular weight is 354 g/mol. The summed E-state index contributed by atoms with van der Waals surface area (Å²) in [5, 5.41) is 9.63. The van der Waals surface area contributed by atoms with Gasteiger partial charge in [-0.2, -0.15) is 0 Å².